The van der Waals surface area contributed by atoms with Crippen LogP contribution in [0, 0.1) is 0 Å². The number of carbonyl (C=O) groups is 1. The quantitative estimate of drug-likeness (QED) is 0.743. The Morgan fingerprint density at radius 1 is 1.23 bits per heavy atom. The van der Waals surface area contributed by atoms with Crippen molar-refractivity contribution in [1.29, 1.82) is 0 Å². The van der Waals surface area contributed by atoms with Crippen LogP contribution in [0.15, 0.2) is 0 Å². The van der Waals surface area contributed by atoms with E-state index in [-0.39, 0.29) is 23.5 Å². The first-order valence-electron chi connectivity index (χ1n) is 8.70. The van der Waals surface area contributed by atoms with Crippen molar-refractivity contribution in [2.45, 2.75) is 64.5 Å². The van der Waals surface area contributed by atoms with Gasteiger partial charge < -0.3 is 4.90 Å². The minimum atomic E-state index is -2.94. The number of carbonyl (C=O) groups excluding carboxylic acids is 1. The summed E-state index contributed by atoms with van der Waals surface area (Å²) in [6.07, 6.45) is 6.02. The molecule has 2 atom stereocenters. The highest BCUT2D eigenvalue weighted by Gasteiger charge is 2.34. The third-order valence-corrected chi connectivity index (χ3v) is 6.89. The van der Waals surface area contributed by atoms with Gasteiger partial charge in [0.2, 0.25) is 5.91 Å². The van der Waals surface area contributed by atoms with Crippen molar-refractivity contribution < 1.29 is 13.2 Å². The van der Waals surface area contributed by atoms with Crippen LogP contribution in [-0.2, 0) is 14.6 Å². The molecule has 6 heteroatoms. The Bertz CT molecular complexity index is 478. The molecule has 0 bridgehead atoms. The highest BCUT2D eigenvalue weighted by molar-refractivity contribution is 7.91. The van der Waals surface area contributed by atoms with Crippen molar-refractivity contribution in [3.63, 3.8) is 0 Å². The average molecular weight is 330 g/mol. The molecule has 0 radical (unpaired) electrons. The van der Waals surface area contributed by atoms with Crippen LogP contribution in [0.25, 0.3) is 0 Å². The fraction of sp³-hybridized carbons (Fsp3) is 0.938. The molecule has 0 N–H and O–H groups in total. The lowest BCUT2D eigenvalue weighted by Gasteiger charge is -2.36. The van der Waals surface area contributed by atoms with Crippen molar-refractivity contribution in [2.75, 3.05) is 31.1 Å². The number of hydrogen-bond acceptors (Lipinski definition) is 4. The molecule has 5 nitrogen and oxygen atoms in total. The van der Waals surface area contributed by atoms with Crippen LogP contribution in [0.1, 0.15) is 52.4 Å². The van der Waals surface area contributed by atoms with Crippen molar-refractivity contribution in [2.24, 2.45) is 0 Å². The van der Waals surface area contributed by atoms with E-state index < -0.39 is 9.84 Å². The van der Waals surface area contributed by atoms with E-state index >= 15 is 0 Å². The van der Waals surface area contributed by atoms with E-state index in [0.29, 0.717) is 25.4 Å². The van der Waals surface area contributed by atoms with Gasteiger partial charge in [0.05, 0.1) is 11.5 Å². The summed E-state index contributed by atoms with van der Waals surface area (Å²) in [4.78, 5) is 16.7. The monoisotopic (exact) mass is 330 g/mol. The highest BCUT2D eigenvalue weighted by Crippen LogP contribution is 2.21. The molecule has 0 aromatic heterocycles. The molecule has 2 saturated heterocycles. The van der Waals surface area contributed by atoms with Crippen LogP contribution in [0.4, 0.5) is 0 Å². The van der Waals surface area contributed by atoms with Crippen LogP contribution in [0.5, 0.6) is 0 Å². The zero-order valence-electron chi connectivity index (χ0n) is 14.0. The lowest BCUT2D eigenvalue weighted by Crippen LogP contribution is -2.44. The lowest BCUT2D eigenvalue weighted by atomic mass is 10.00. The standard InChI is InChI=1S/C16H30N2O3S/c1-3-14-7-5-6-10-17(14)11-8-16(19)18(4-2)15-9-12-22(20,21)13-15/h14-15H,3-13H2,1-2H3. The van der Waals surface area contributed by atoms with E-state index in [0.717, 1.165) is 19.5 Å². The highest BCUT2D eigenvalue weighted by atomic mass is 32.2. The lowest BCUT2D eigenvalue weighted by molar-refractivity contribution is -0.133. The predicted octanol–water partition coefficient (Wildman–Crippen LogP) is 1.68. The number of amides is 1. The van der Waals surface area contributed by atoms with Gasteiger partial charge in [-0.15, -0.1) is 0 Å². The first kappa shape index (κ1) is 17.7. The minimum absolute atomic E-state index is 0.106. The molecule has 0 aliphatic carbocycles. The van der Waals surface area contributed by atoms with Crippen LogP contribution in [-0.4, -0.2) is 67.3 Å². The summed E-state index contributed by atoms with van der Waals surface area (Å²) in [5.74, 6) is 0.490. The van der Waals surface area contributed by atoms with E-state index in [1.165, 1.54) is 19.3 Å². The molecule has 2 aliphatic rings. The van der Waals surface area contributed by atoms with Gasteiger partial charge in [0.15, 0.2) is 9.84 Å². The second kappa shape index (κ2) is 7.77. The Balaban J connectivity index is 1.87. The topological polar surface area (TPSA) is 57.7 Å². The molecule has 0 aromatic carbocycles. The molecule has 2 heterocycles. The maximum absolute atomic E-state index is 12.5. The van der Waals surface area contributed by atoms with Crippen LogP contribution in [0.3, 0.4) is 0 Å². The van der Waals surface area contributed by atoms with Gasteiger partial charge >= 0.3 is 0 Å². The number of nitrogens with zero attached hydrogens (tertiary/aromatic N) is 2. The number of piperidine rings is 1. The van der Waals surface area contributed by atoms with E-state index in [1.807, 2.05) is 6.92 Å². The third-order valence-electron chi connectivity index (χ3n) is 5.14. The molecule has 2 unspecified atom stereocenters. The number of sulfone groups is 1. The molecule has 1 amide bonds. The zero-order chi connectivity index (χ0) is 16.2. The molecular formula is C16H30N2O3S. The Kier molecular flexibility index (Phi) is 6.26. The maximum Gasteiger partial charge on any atom is 0.224 e. The SMILES string of the molecule is CCC1CCCCN1CCC(=O)N(CC)C1CCS(=O)(=O)C1. The van der Waals surface area contributed by atoms with Gasteiger partial charge in [-0.3, -0.25) is 9.69 Å². The fourth-order valence-corrected chi connectivity index (χ4v) is 5.59. The van der Waals surface area contributed by atoms with E-state index in [1.54, 1.807) is 4.90 Å². The van der Waals surface area contributed by atoms with Crippen molar-refractivity contribution in [1.82, 2.24) is 9.80 Å². The molecule has 0 aromatic rings. The maximum atomic E-state index is 12.5. The molecule has 128 valence electrons. The van der Waals surface area contributed by atoms with Crippen molar-refractivity contribution >= 4 is 15.7 Å². The van der Waals surface area contributed by atoms with Crippen LogP contribution >= 0.6 is 0 Å². The molecule has 0 saturated carbocycles. The second-order valence-electron chi connectivity index (χ2n) is 6.58. The van der Waals surface area contributed by atoms with Gasteiger partial charge in [-0.2, -0.15) is 0 Å². The Labute approximate surface area is 135 Å². The van der Waals surface area contributed by atoms with E-state index in [9.17, 15) is 13.2 Å². The minimum Gasteiger partial charge on any atom is -0.339 e. The summed E-state index contributed by atoms with van der Waals surface area (Å²) in [5.41, 5.74) is 0. The second-order valence-corrected chi connectivity index (χ2v) is 8.81. The Morgan fingerprint density at radius 2 is 2.00 bits per heavy atom. The average Bonchev–Trinajstić information content (AvgIpc) is 2.86. The normalized spacial score (nSPS) is 28.6. The van der Waals surface area contributed by atoms with Gasteiger partial charge in [-0.25, -0.2) is 8.42 Å². The summed E-state index contributed by atoms with van der Waals surface area (Å²) >= 11 is 0. The van der Waals surface area contributed by atoms with E-state index in [4.69, 9.17) is 0 Å². The molecular weight excluding hydrogens is 300 g/mol. The third kappa shape index (κ3) is 4.44. The molecule has 2 fully saturated rings. The first-order valence-corrected chi connectivity index (χ1v) is 10.5. The van der Waals surface area contributed by atoms with Crippen molar-refractivity contribution in [3.05, 3.63) is 0 Å². The molecule has 22 heavy (non-hydrogen) atoms. The van der Waals surface area contributed by atoms with Gasteiger partial charge in [0.1, 0.15) is 0 Å². The number of hydrogen-bond donors (Lipinski definition) is 0. The summed E-state index contributed by atoms with van der Waals surface area (Å²) in [7, 11) is -2.94. The molecule has 0 spiro atoms. The van der Waals surface area contributed by atoms with E-state index in [2.05, 4.69) is 11.8 Å². The largest absolute Gasteiger partial charge is 0.339 e. The van der Waals surface area contributed by atoms with Crippen molar-refractivity contribution in [3.8, 4) is 0 Å². The summed E-state index contributed by atoms with van der Waals surface area (Å²) in [6.45, 7) is 6.67. The number of rotatable bonds is 6. The zero-order valence-corrected chi connectivity index (χ0v) is 14.8. The molecule has 2 rings (SSSR count). The van der Waals surface area contributed by atoms with Gasteiger partial charge in [0, 0.05) is 31.6 Å². The fourth-order valence-electron chi connectivity index (χ4n) is 3.86. The number of likely N-dealkylation sites (tertiary alicyclic amines) is 1. The Morgan fingerprint density at radius 3 is 2.59 bits per heavy atom. The van der Waals surface area contributed by atoms with Crippen LogP contribution in [0.2, 0.25) is 0 Å². The smallest absolute Gasteiger partial charge is 0.224 e. The molecule has 2 aliphatic heterocycles. The van der Waals surface area contributed by atoms with Gasteiger partial charge in [-0.1, -0.05) is 13.3 Å². The van der Waals surface area contributed by atoms with Gasteiger partial charge in [0.25, 0.3) is 0 Å². The van der Waals surface area contributed by atoms with Gasteiger partial charge in [-0.05, 0) is 39.2 Å². The summed E-state index contributed by atoms with van der Waals surface area (Å²) < 4.78 is 23.2. The summed E-state index contributed by atoms with van der Waals surface area (Å²) in [6, 6.07) is 0.509. The van der Waals surface area contributed by atoms with Crippen LogP contribution < -0.4 is 0 Å². The predicted molar refractivity (Wildman–Crippen MR) is 88.6 cm³/mol. The summed E-state index contributed by atoms with van der Waals surface area (Å²) in [5, 5.41) is 0. The Hall–Kier alpha value is -0.620. The first-order chi connectivity index (χ1) is 10.5.